The highest BCUT2D eigenvalue weighted by atomic mass is 35.5. The molecule has 7 nitrogen and oxygen atoms in total. The molecule has 9 heteroatoms. The number of carboxylic acid groups (broad SMARTS) is 1. The van der Waals surface area contributed by atoms with Gasteiger partial charge in [0.1, 0.15) is 0 Å². The SMILES string of the molecule is Cc1cc(Cl)c(C(=O)CN(C(=O)c2cnn([C@H]3CC[C@](C)(C(=O)O)CC3)c2C)[C@H]2C[C@@H]3[C@H](C2)C3(C)C)c(Cl)c1. The number of fused-ring (bicyclic) bond motifs is 1. The van der Waals surface area contributed by atoms with Crippen LogP contribution in [0.1, 0.15) is 97.3 Å². The molecular formula is C30H37Cl2N3O4. The molecule has 3 aliphatic carbocycles. The van der Waals surface area contributed by atoms with E-state index in [0.29, 0.717) is 53.1 Å². The zero-order valence-electron chi connectivity index (χ0n) is 23.3. The highest BCUT2D eigenvalue weighted by Crippen LogP contribution is 2.67. The molecule has 0 spiro atoms. The van der Waals surface area contributed by atoms with Crippen LogP contribution < -0.4 is 0 Å². The molecule has 1 N–H and O–H groups in total. The molecule has 1 amide bonds. The second kappa shape index (κ2) is 9.91. The van der Waals surface area contributed by atoms with Crippen molar-refractivity contribution in [3.05, 3.63) is 50.8 Å². The molecule has 0 aliphatic heterocycles. The van der Waals surface area contributed by atoms with Crippen molar-refractivity contribution in [1.82, 2.24) is 14.7 Å². The molecule has 3 fully saturated rings. The summed E-state index contributed by atoms with van der Waals surface area (Å²) in [6.45, 7) is 9.99. The summed E-state index contributed by atoms with van der Waals surface area (Å²) < 4.78 is 1.87. The van der Waals surface area contributed by atoms with Gasteiger partial charge in [-0.1, -0.05) is 37.0 Å². The van der Waals surface area contributed by atoms with Gasteiger partial charge in [0.05, 0.1) is 45.4 Å². The Morgan fingerprint density at radius 3 is 2.15 bits per heavy atom. The summed E-state index contributed by atoms with van der Waals surface area (Å²) in [5.41, 5.74) is 1.91. The lowest BCUT2D eigenvalue weighted by Crippen LogP contribution is -2.43. The third-order valence-electron chi connectivity index (χ3n) is 10.0. The van der Waals surface area contributed by atoms with Crippen molar-refractivity contribution in [1.29, 1.82) is 0 Å². The monoisotopic (exact) mass is 573 g/mol. The molecule has 1 heterocycles. The Labute approximate surface area is 239 Å². The standard InChI is InChI=1S/C30H37Cl2N3O4/c1-16-10-23(31)26(24(32)11-16)25(36)15-34(19-12-21-22(13-19)29(21,3)4)27(37)20-14-33-35(17(20)2)18-6-8-30(5,9-7-18)28(38)39/h10-11,14,18-19,21-22H,6-9,12-13,15H2,1-5H3,(H,38,39)/t18-,19-,21+,22-,30-. The Kier molecular flexibility index (Phi) is 7.16. The third-order valence-corrected chi connectivity index (χ3v) is 10.6. The Morgan fingerprint density at radius 2 is 1.62 bits per heavy atom. The van der Waals surface area contributed by atoms with Gasteiger partial charge in [-0.3, -0.25) is 19.1 Å². The second-order valence-electron chi connectivity index (χ2n) is 12.8. The molecule has 2 aromatic rings. The fraction of sp³-hybridized carbons (Fsp3) is 0.600. The van der Waals surface area contributed by atoms with Gasteiger partial charge >= 0.3 is 5.97 Å². The van der Waals surface area contributed by atoms with Gasteiger partial charge in [-0.15, -0.1) is 0 Å². The number of ketones is 1. The first-order valence-electron chi connectivity index (χ1n) is 13.8. The maximum atomic E-state index is 14.1. The number of nitrogens with zero attached hydrogens (tertiary/aromatic N) is 3. The molecule has 0 bridgehead atoms. The van der Waals surface area contributed by atoms with Crippen LogP contribution in [0.2, 0.25) is 10.0 Å². The number of hydrogen-bond donors (Lipinski definition) is 1. The number of Topliss-reactive ketones (excluding diaryl/α,β-unsaturated/α-hetero) is 1. The quantitative estimate of drug-likeness (QED) is 0.369. The lowest BCUT2D eigenvalue weighted by Gasteiger charge is -2.34. The topological polar surface area (TPSA) is 92.5 Å². The average molecular weight is 575 g/mol. The van der Waals surface area contributed by atoms with Crippen LogP contribution in [0.5, 0.6) is 0 Å². The maximum absolute atomic E-state index is 14.1. The highest BCUT2D eigenvalue weighted by Gasteiger charge is 2.63. The van der Waals surface area contributed by atoms with Crippen LogP contribution in [-0.2, 0) is 4.79 Å². The first-order valence-corrected chi connectivity index (χ1v) is 14.6. The van der Waals surface area contributed by atoms with E-state index in [-0.39, 0.29) is 41.3 Å². The lowest BCUT2D eigenvalue weighted by atomic mass is 9.74. The summed E-state index contributed by atoms with van der Waals surface area (Å²) in [7, 11) is 0. The minimum Gasteiger partial charge on any atom is -0.481 e. The molecule has 3 aliphatic rings. The van der Waals surface area contributed by atoms with Crippen molar-refractivity contribution in [3.8, 4) is 0 Å². The summed E-state index contributed by atoms with van der Waals surface area (Å²) in [6.07, 6.45) is 5.85. The van der Waals surface area contributed by atoms with Crippen LogP contribution in [0.4, 0.5) is 0 Å². The van der Waals surface area contributed by atoms with Crippen LogP contribution in [0.3, 0.4) is 0 Å². The molecule has 39 heavy (non-hydrogen) atoms. The van der Waals surface area contributed by atoms with E-state index in [1.807, 2.05) is 18.5 Å². The zero-order chi connectivity index (χ0) is 28.4. The Balaban J connectivity index is 1.40. The number of rotatable bonds is 7. The van der Waals surface area contributed by atoms with Crippen molar-refractivity contribution >= 4 is 40.9 Å². The summed E-state index contributed by atoms with van der Waals surface area (Å²) in [6, 6.07) is 3.43. The van der Waals surface area contributed by atoms with Gasteiger partial charge < -0.3 is 10.0 Å². The summed E-state index contributed by atoms with van der Waals surface area (Å²) in [5.74, 6) is -0.144. The predicted molar refractivity (Wildman–Crippen MR) is 151 cm³/mol. The maximum Gasteiger partial charge on any atom is 0.309 e. The smallest absolute Gasteiger partial charge is 0.309 e. The van der Waals surface area contributed by atoms with Crippen LogP contribution in [0.15, 0.2) is 18.3 Å². The van der Waals surface area contributed by atoms with Gasteiger partial charge in [-0.05, 0) is 94.2 Å². The number of aryl methyl sites for hydroxylation is 1. The van der Waals surface area contributed by atoms with Gasteiger partial charge in [0, 0.05) is 11.7 Å². The van der Waals surface area contributed by atoms with Crippen LogP contribution in [0, 0.1) is 36.5 Å². The molecule has 3 saturated carbocycles. The first kappa shape index (κ1) is 28.2. The van der Waals surface area contributed by atoms with E-state index >= 15 is 0 Å². The van der Waals surface area contributed by atoms with Gasteiger partial charge in [-0.2, -0.15) is 5.10 Å². The van der Waals surface area contributed by atoms with Crippen LogP contribution in [0.25, 0.3) is 0 Å². The Bertz CT molecular complexity index is 1300. The fourth-order valence-corrected chi connectivity index (χ4v) is 7.96. The van der Waals surface area contributed by atoms with Gasteiger partial charge in [0.15, 0.2) is 5.78 Å². The molecule has 0 unspecified atom stereocenters. The van der Waals surface area contributed by atoms with E-state index in [2.05, 4.69) is 18.9 Å². The van der Waals surface area contributed by atoms with Crippen molar-refractivity contribution in [2.75, 3.05) is 6.54 Å². The number of halogens is 2. The van der Waals surface area contributed by atoms with Crippen molar-refractivity contribution in [3.63, 3.8) is 0 Å². The Hall–Kier alpha value is -2.38. The second-order valence-corrected chi connectivity index (χ2v) is 13.6. The molecule has 5 rings (SSSR count). The van der Waals surface area contributed by atoms with Crippen LogP contribution >= 0.6 is 23.2 Å². The van der Waals surface area contributed by atoms with Gasteiger partial charge in [0.25, 0.3) is 5.91 Å². The number of carbonyl (C=O) groups is 3. The summed E-state index contributed by atoms with van der Waals surface area (Å²) >= 11 is 12.9. The van der Waals surface area contributed by atoms with Crippen molar-refractivity contribution < 1.29 is 19.5 Å². The molecule has 1 aromatic carbocycles. The summed E-state index contributed by atoms with van der Waals surface area (Å²) in [5, 5.41) is 14.8. The third kappa shape index (κ3) is 4.90. The number of hydrogen-bond acceptors (Lipinski definition) is 4. The number of benzene rings is 1. The Morgan fingerprint density at radius 1 is 1.05 bits per heavy atom. The van der Waals surface area contributed by atoms with Crippen LogP contribution in [-0.4, -0.2) is 50.0 Å². The van der Waals surface area contributed by atoms with E-state index < -0.39 is 11.4 Å². The normalized spacial score (nSPS) is 29.1. The van der Waals surface area contributed by atoms with Gasteiger partial charge in [0.2, 0.25) is 0 Å². The van der Waals surface area contributed by atoms with E-state index in [9.17, 15) is 19.5 Å². The lowest BCUT2D eigenvalue weighted by molar-refractivity contribution is -0.150. The number of carbonyl (C=O) groups excluding carboxylic acids is 2. The highest BCUT2D eigenvalue weighted by molar-refractivity contribution is 6.40. The van der Waals surface area contributed by atoms with Gasteiger partial charge in [-0.25, -0.2) is 0 Å². The minimum atomic E-state index is -0.763. The van der Waals surface area contributed by atoms with E-state index in [1.54, 1.807) is 30.2 Å². The minimum absolute atomic E-state index is 0.0406. The average Bonchev–Trinajstić information content (AvgIpc) is 3.23. The molecule has 1 aromatic heterocycles. The fourth-order valence-electron chi connectivity index (χ4n) is 7.15. The number of amides is 1. The van der Waals surface area contributed by atoms with E-state index in [1.165, 1.54) is 0 Å². The van der Waals surface area contributed by atoms with Crippen molar-refractivity contribution in [2.24, 2.45) is 22.7 Å². The molecule has 210 valence electrons. The molecule has 0 saturated heterocycles. The molecule has 3 atom stereocenters. The van der Waals surface area contributed by atoms with E-state index in [4.69, 9.17) is 23.2 Å². The zero-order valence-corrected chi connectivity index (χ0v) is 24.8. The number of aromatic nitrogens is 2. The molecule has 0 radical (unpaired) electrons. The number of aliphatic carboxylic acids is 1. The van der Waals surface area contributed by atoms with E-state index in [0.717, 1.165) is 24.1 Å². The summed E-state index contributed by atoms with van der Waals surface area (Å²) in [4.78, 5) is 41.0. The number of carboxylic acids is 1. The largest absolute Gasteiger partial charge is 0.481 e. The molecular weight excluding hydrogens is 537 g/mol. The van der Waals surface area contributed by atoms with Crippen molar-refractivity contribution in [2.45, 2.75) is 85.2 Å². The first-order chi connectivity index (χ1) is 18.2. The predicted octanol–water partition coefficient (Wildman–Crippen LogP) is 6.77.